The molecule has 4 N–H and O–H groups in total. The van der Waals surface area contributed by atoms with Gasteiger partial charge in [-0.3, -0.25) is 4.79 Å². The van der Waals surface area contributed by atoms with E-state index in [0.29, 0.717) is 6.42 Å². The van der Waals surface area contributed by atoms with Gasteiger partial charge in [0.15, 0.2) is 6.10 Å². The van der Waals surface area contributed by atoms with Crippen molar-refractivity contribution in [3.63, 3.8) is 0 Å². The minimum Gasteiger partial charge on any atom is -0.444 e. The van der Waals surface area contributed by atoms with E-state index < -0.39 is 29.7 Å². The molecule has 0 heterocycles. The molecular weight excluding hydrogens is 248 g/mol. The number of primary amides is 1. The van der Waals surface area contributed by atoms with E-state index in [9.17, 15) is 14.7 Å². The van der Waals surface area contributed by atoms with Gasteiger partial charge in [-0.1, -0.05) is 20.3 Å². The zero-order valence-electron chi connectivity index (χ0n) is 12.4. The first-order chi connectivity index (χ1) is 8.56. The zero-order valence-corrected chi connectivity index (χ0v) is 12.4. The largest absolute Gasteiger partial charge is 0.444 e. The Balaban J connectivity index is 4.67. The van der Waals surface area contributed by atoms with E-state index in [1.165, 1.54) is 0 Å². The maximum atomic E-state index is 11.7. The van der Waals surface area contributed by atoms with Gasteiger partial charge in [0.1, 0.15) is 5.60 Å². The third-order valence-electron chi connectivity index (χ3n) is 2.73. The average molecular weight is 274 g/mol. The molecule has 112 valence electrons. The Morgan fingerprint density at radius 2 is 1.89 bits per heavy atom. The summed E-state index contributed by atoms with van der Waals surface area (Å²) >= 11 is 0. The van der Waals surface area contributed by atoms with Gasteiger partial charge in [0, 0.05) is 0 Å². The van der Waals surface area contributed by atoms with E-state index in [1.807, 2.05) is 13.8 Å². The molecule has 0 bridgehead atoms. The summed E-state index contributed by atoms with van der Waals surface area (Å²) in [5.74, 6) is -0.613. The average Bonchev–Trinajstić information content (AvgIpc) is 2.24. The molecule has 3 unspecified atom stereocenters. The van der Waals surface area contributed by atoms with Crippen molar-refractivity contribution >= 4 is 12.0 Å². The fraction of sp³-hybridized carbons (Fsp3) is 0.846. The Kier molecular flexibility index (Phi) is 6.83. The van der Waals surface area contributed by atoms with Gasteiger partial charge in [-0.05, 0) is 33.1 Å². The Morgan fingerprint density at radius 1 is 1.37 bits per heavy atom. The predicted molar refractivity (Wildman–Crippen MR) is 72.4 cm³/mol. The molecule has 19 heavy (non-hydrogen) atoms. The van der Waals surface area contributed by atoms with Crippen LogP contribution in [-0.4, -0.2) is 34.9 Å². The molecule has 6 nitrogen and oxygen atoms in total. The number of rotatable bonds is 6. The number of nitrogens with two attached hydrogens (primary N) is 1. The van der Waals surface area contributed by atoms with Gasteiger partial charge < -0.3 is 20.9 Å². The predicted octanol–water partition coefficient (Wildman–Crippen LogP) is 1.16. The van der Waals surface area contributed by atoms with Crippen LogP contribution in [0.5, 0.6) is 0 Å². The van der Waals surface area contributed by atoms with E-state index in [2.05, 4.69) is 5.32 Å². The highest BCUT2D eigenvalue weighted by molar-refractivity contribution is 5.80. The number of hydrogen-bond acceptors (Lipinski definition) is 4. The molecule has 0 radical (unpaired) electrons. The minimum absolute atomic E-state index is 0.244. The van der Waals surface area contributed by atoms with Crippen LogP contribution in [0.4, 0.5) is 4.79 Å². The molecule has 0 saturated carbocycles. The van der Waals surface area contributed by atoms with Gasteiger partial charge in [-0.15, -0.1) is 0 Å². The number of aliphatic hydroxyl groups is 1. The lowest BCUT2D eigenvalue weighted by molar-refractivity contribution is -0.127. The Labute approximate surface area is 114 Å². The number of aliphatic hydroxyl groups excluding tert-OH is 1. The van der Waals surface area contributed by atoms with Crippen LogP contribution in [0.1, 0.15) is 47.5 Å². The van der Waals surface area contributed by atoms with E-state index in [1.54, 1.807) is 20.8 Å². The molecule has 0 rings (SSSR count). The van der Waals surface area contributed by atoms with Crippen LogP contribution in [0.2, 0.25) is 0 Å². The smallest absolute Gasteiger partial charge is 0.407 e. The van der Waals surface area contributed by atoms with Crippen molar-refractivity contribution in [1.82, 2.24) is 5.32 Å². The second-order valence-electron chi connectivity index (χ2n) is 5.85. The molecule has 0 fully saturated rings. The van der Waals surface area contributed by atoms with Crippen molar-refractivity contribution in [3.8, 4) is 0 Å². The van der Waals surface area contributed by atoms with Crippen LogP contribution < -0.4 is 11.1 Å². The molecule has 0 aromatic heterocycles. The zero-order chi connectivity index (χ0) is 15.2. The van der Waals surface area contributed by atoms with E-state index in [4.69, 9.17) is 10.5 Å². The van der Waals surface area contributed by atoms with Crippen LogP contribution >= 0.6 is 0 Å². The molecule has 2 amide bonds. The molecule has 0 aromatic carbocycles. The van der Waals surface area contributed by atoms with Crippen molar-refractivity contribution in [2.45, 2.75) is 65.2 Å². The first kappa shape index (κ1) is 17.7. The summed E-state index contributed by atoms with van der Waals surface area (Å²) in [4.78, 5) is 22.7. The van der Waals surface area contributed by atoms with E-state index >= 15 is 0 Å². The summed E-state index contributed by atoms with van der Waals surface area (Å²) in [5, 5.41) is 12.2. The van der Waals surface area contributed by atoms with Gasteiger partial charge in [-0.2, -0.15) is 0 Å². The van der Waals surface area contributed by atoms with Crippen molar-refractivity contribution in [1.29, 1.82) is 0 Å². The van der Waals surface area contributed by atoms with E-state index in [-0.39, 0.29) is 5.92 Å². The van der Waals surface area contributed by atoms with Gasteiger partial charge in [0.2, 0.25) is 5.91 Å². The molecule has 0 aliphatic heterocycles. The summed E-state index contributed by atoms with van der Waals surface area (Å²) in [6.45, 7) is 9.17. The number of hydrogen-bond donors (Lipinski definition) is 3. The molecule has 6 heteroatoms. The fourth-order valence-electron chi connectivity index (χ4n) is 1.52. The third-order valence-corrected chi connectivity index (χ3v) is 2.73. The molecule has 0 saturated heterocycles. The van der Waals surface area contributed by atoms with Crippen molar-refractivity contribution in [3.05, 3.63) is 0 Å². The lowest BCUT2D eigenvalue weighted by atomic mass is 9.95. The molecule has 0 aromatic rings. The molecule has 3 atom stereocenters. The number of amides is 2. The Bertz CT molecular complexity index is 312. The number of nitrogens with one attached hydrogen (secondary N) is 1. The highest BCUT2D eigenvalue weighted by Crippen LogP contribution is 2.14. The van der Waals surface area contributed by atoms with Crippen LogP contribution in [0.15, 0.2) is 0 Å². The van der Waals surface area contributed by atoms with Gasteiger partial charge in [-0.25, -0.2) is 4.79 Å². The third kappa shape index (κ3) is 7.66. The standard InChI is InChI=1S/C13H26N2O4/c1-6-8(2)7-9(10(16)11(14)17)15-12(18)19-13(3,4)5/h8-10,16H,6-7H2,1-5H3,(H2,14,17)(H,15,18). The highest BCUT2D eigenvalue weighted by atomic mass is 16.6. The van der Waals surface area contributed by atoms with Crippen LogP contribution in [0.3, 0.4) is 0 Å². The number of ether oxygens (including phenoxy) is 1. The second-order valence-corrected chi connectivity index (χ2v) is 5.85. The van der Waals surface area contributed by atoms with E-state index in [0.717, 1.165) is 6.42 Å². The van der Waals surface area contributed by atoms with Gasteiger partial charge in [0.05, 0.1) is 6.04 Å². The molecule has 0 spiro atoms. The topological polar surface area (TPSA) is 102 Å². The number of alkyl carbamates (subject to hydrolysis) is 1. The monoisotopic (exact) mass is 274 g/mol. The Hall–Kier alpha value is -1.30. The first-order valence-corrected chi connectivity index (χ1v) is 6.53. The van der Waals surface area contributed by atoms with Crippen LogP contribution in [0, 0.1) is 5.92 Å². The number of carbonyl (C=O) groups is 2. The summed E-state index contributed by atoms with van der Waals surface area (Å²) in [5.41, 5.74) is 4.44. The Morgan fingerprint density at radius 3 is 2.26 bits per heavy atom. The lowest BCUT2D eigenvalue weighted by Gasteiger charge is -2.27. The van der Waals surface area contributed by atoms with Crippen LogP contribution in [0.25, 0.3) is 0 Å². The second kappa shape index (κ2) is 7.33. The van der Waals surface area contributed by atoms with Crippen molar-refractivity contribution < 1.29 is 19.4 Å². The fourth-order valence-corrected chi connectivity index (χ4v) is 1.52. The summed E-state index contributed by atoms with van der Waals surface area (Å²) in [6, 6.07) is -0.734. The highest BCUT2D eigenvalue weighted by Gasteiger charge is 2.28. The van der Waals surface area contributed by atoms with Gasteiger partial charge in [0.25, 0.3) is 0 Å². The number of carbonyl (C=O) groups excluding carboxylic acids is 2. The summed E-state index contributed by atoms with van der Waals surface area (Å²) in [6.07, 6.45) is -0.750. The maximum absolute atomic E-state index is 11.7. The summed E-state index contributed by atoms with van der Waals surface area (Å²) in [7, 11) is 0. The van der Waals surface area contributed by atoms with Crippen LogP contribution in [-0.2, 0) is 9.53 Å². The summed E-state index contributed by atoms with van der Waals surface area (Å²) < 4.78 is 5.10. The molecule has 0 aliphatic carbocycles. The SMILES string of the molecule is CCC(C)CC(NC(=O)OC(C)(C)C)C(O)C(N)=O. The maximum Gasteiger partial charge on any atom is 0.407 e. The quantitative estimate of drug-likeness (QED) is 0.676. The first-order valence-electron chi connectivity index (χ1n) is 6.53. The molecular formula is C13H26N2O4. The lowest BCUT2D eigenvalue weighted by Crippen LogP contribution is -2.51. The minimum atomic E-state index is -1.42. The molecule has 0 aliphatic rings. The van der Waals surface area contributed by atoms with Gasteiger partial charge >= 0.3 is 6.09 Å². The van der Waals surface area contributed by atoms with Crippen molar-refractivity contribution in [2.75, 3.05) is 0 Å². The normalized spacial score (nSPS) is 16.3. The van der Waals surface area contributed by atoms with Crippen molar-refractivity contribution in [2.24, 2.45) is 11.7 Å².